The van der Waals surface area contributed by atoms with Crippen LogP contribution in [-0.4, -0.2) is 65.0 Å². The van der Waals surface area contributed by atoms with Gasteiger partial charge in [0.1, 0.15) is 24.1 Å². The first-order valence-electron chi connectivity index (χ1n) is 12.7. The second kappa shape index (κ2) is 9.02. The van der Waals surface area contributed by atoms with Gasteiger partial charge in [-0.05, 0) is 57.2 Å². The maximum Gasteiger partial charge on any atom is 0.248 e. The molecule has 6 rings (SSSR count). The Bertz CT molecular complexity index is 1580. The predicted octanol–water partition coefficient (Wildman–Crippen LogP) is 3.25. The number of hydrogen-bond acceptors (Lipinski definition) is 7. The number of rotatable bonds is 5. The molecule has 10 nitrogen and oxygen atoms in total. The van der Waals surface area contributed by atoms with Crippen LogP contribution in [0, 0.1) is 12.7 Å². The Morgan fingerprint density at radius 3 is 2.53 bits per heavy atom. The van der Waals surface area contributed by atoms with Crippen LogP contribution < -0.4 is 5.73 Å². The van der Waals surface area contributed by atoms with E-state index in [0.717, 1.165) is 18.5 Å². The van der Waals surface area contributed by atoms with Crippen molar-refractivity contribution < 1.29 is 19.1 Å². The smallest absolute Gasteiger partial charge is 0.248 e. The fourth-order valence-electron chi connectivity index (χ4n) is 6.21. The lowest BCUT2D eigenvalue weighted by atomic mass is 9.85. The molecule has 1 amide bonds. The topological polar surface area (TPSA) is 142 Å². The molecule has 2 bridgehead atoms. The highest BCUT2D eigenvalue weighted by atomic mass is 19.1. The number of benzene rings is 1. The van der Waals surface area contributed by atoms with Crippen LogP contribution in [0.5, 0.6) is 0 Å². The van der Waals surface area contributed by atoms with E-state index in [2.05, 4.69) is 15.1 Å². The van der Waals surface area contributed by atoms with Gasteiger partial charge in [0.2, 0.25) is 5.91 Å². The summed E-state index contributed by atoms with van der Waals surface area (Å²) in [7, 11) is 0. The number of imidazole rings is 1. The summed E-state index contributed by atoms with van der Waals surface area (Å²) in [4.78, 5) is 39.1. The predicted molar refractivity (Wildman–Crippen MR) is 138 cm³/mol. The number of hydrogen-bond donors (Lipinski definition) is 3. The Morgan fingerprint density at radius 1 is 1.18 bits per heavy atom. The van der Waals surface area contributed by atoms with Gasteiger partial charge in [0.25, 0.3) is 0 Å². The van der Waals surface area contributed by atoms with Gasteiger partial charge in [-0.1, -0.05) is 6.07 Å². The van der Waals surface area contributed by atoms with Gasteiger partial charge in [0.15, 0.2) is 11.4 Å². The van der Waals surface area contributed by atoms with E-state index in [1.54, 1.807) is 29.4 Å². The molecule has 2 aliphatic heterocycles. The van der Waals surface area contributed by atoms with Crippen molar-refractivity contribution in [1.82, 2.24) is 29.5 Å². The number of Topliss-reactive ketones (excluding diaryl/α,β-unsaturated/α-hetero) is 1. The Labute approximate surface area is 217 Å². The number of nitrogen functional groups attached to an aromatic ring is 1. The first-order chi connectivity index (χ1) is 18.3. The summed E-state index contributed by atoms with van der Waals surface area (Å²) in [5.41, 5.74) is 10.2. The molecule has 0 unspecified atom stereocenters. The van der Waals surface area contributed by atoms with E-state index in [1.165, 1.54) is 17.5 Å². The SMILES string of the molecule is CC(=O)c1c([C@@H]2C[C@H]3CC[C@@H](C2)N3C(=O)CO)nc2c(-c3ccc(-c4ncc(C)[nH]4)c(F)c3)cnn2c1N. The van der Waals surface area contributed by atoms with Crippen LogP contribution in [0.3, 0.4) is 0 Å². The van der Waals surface area contributed by atoms with Gasteiger partial charge in [0.05, 0.1) is 23.0 Å². The number of aliphatic hydroxyl groups excluding tert-OH is 1. The number of H-pyrrole nitrogens is 1. The first-order valence-corrected chi connectivity index (χ1v) is 12.7. The molecule has 2 aliphatic rings. The van der Waals surface area contributed by atoms with Gasteiger partial charge in [0, 0.05) is 35.5 Å². The molecule has 0 spiro atoms. The van der Waals surface area contributed by atoms with Crippen LogP contribution in [0.4, 0.5) is 10.2 Å². The van der Waals surface area contributed by atoms with Gasteiger partial charge in [-0.2, -0.15) is 9.61 Å². The molecule has 0 saturated carbocycles. The monoisotopic (exact) mass is 517 g/mol. The number of piperidine rings is 1. The molecule has 3 aromatic heterocycles. The average molecular weight is 518 g/mol. The van der Waals surface area contributed by atoms with Crippen LogP contribution in [0.25, 0.3) is 28.2 Å². The molecular weight excluding hydrogens is 489 g/mol. The summed E-state index contributed by atoms with van der Waals surface area (Å²) in [5.74, 6) is -0.378. The van der Waals surface area contributed by atoms with Gasteiger partial charge >= 0.3 is 0 Å². The minimum atomic E-state index is -0.512. The highest BCUT2D eigenvalue weighted by molar-refractivity contribution is 6.00. The fourth-order valence-corrected chi connectivity index (χ4v) is 6.21. The quantitative estimate of drug-likeness (QED) is 0.345. The minimum Gasteiger partial charge on any atom is -0.387 e. The van der Waals surface area contributed by atoms with Crippen LogP contribution >= 0.6 is 0 Å². The summed E-state index contributed by atoms with van der Waals surface area (Å²) in [6, 6.07) is 4.82. The molecule has 38 heavy (non-hydrogen) atoms. The maximum atomic E-state index is 15.2. The van der Waals surface area contributed by atoms with E-state index in [9.17, 15) is 14.7 Å². The van der Waals surface area contributed by atoms with E-state index in [0.29, 0.717) is 52.3 Å². The van der Waals surface area contributed by atoms with E-state index in [1.807, 2.05) is 6.92 Å². The first kappa shape index (κ1) is 24.2. The highest BCUT2D eigenvalue weighted by Crippen LogP contribution is 2.44. The number of anilines is 1. The van der Waals surface area contributed by atoms with Crippen LogP contribution in [0.1, 0.15) is 60.3 Å². The third kappa shape index (κ3) is 3.76. The van der Waals surface area contributed by atoms with Crippen molar-refractivity contribution in [2.75, 3.05) is 12.3 Å². The average Bonchev–Trinajstić information content (AvgIpc) is 3.58. The Morgan fingerprint density at radius 2 is 1.92 bits per heavy atom. The zero-order valence-corrected chi connectivity index (χ0v) is 21.1. The second-order valence-corrected chi connectivity index (χ2v) is 10.2. The van der Waals surface area contributed by atoms with E-state index in [4.69, 9.17) is 10.7 Å². The maximum absolute atomic E-state index is 15.2. The number of carbonyl (C=O) groups is 2. The van der Waals surface area contributed by atoms with Gasteiger partial charge in [-0.15, -0.1) is 0 Å². The summed E-state index contributed by atoms with van der Waals surface area (Å²) in [6.07, 6.45) is 6.16. The van der Waals surface area contributed by atoms with Crippen molar-refractivity contribution in [2.24, 2.45) is 0 Å². The largest absolute Gasteiger partial charge is 0.387 e. The zero-order valence-electron chi connectivity index (χ0n) is 21.1. The van der Waals surface area contributed by atoms with Crippen molar-refractivity contribution in [2.45, 2.75) is 57.5 Å². The molecule has 4 N–H and O–H groups in total. The molecule has 2 fully saturated rings. The van der Waals surface area contributed by atoms with Crippen molar-refractivity contribution >= 4 is 23.2 Å². The van der Waals surface area contributed by atoms with Gasteiger partial charge < -0.3 is 20.7 Å². The lowest BCUT2D eigenvalue weighted by Crippen LogP contribution is -2.47. The number of aryl methyl sites for hydroxylation is 1. The molecule has 3 atom stereocenters. The zero-order chi connectivity index (χ0) is 26.7. The van der Waals surface area contributed by atoms with Crippen LogP contribution in [0.2, 0.25) is 0 Å². The fraction of sp³-hybridized carbons (Fsp3) is 0.370. The van der Waals surface area contributed by atoms with E-state index in [-0.39, 0.29) is 35.5 Å². The number of nitrogens with zero attached hydrogens (tertiary/aromatic N) is 5. The normalized spacial score (nSPS) is 20.8. The number of nitrogens with one attached hydrogen (secondary N) is 1. The number of amides is 1. The van der Waals surface area contributed by atoms with Crippen molar-refractivity contribution in [3.63, 3.8) is 0 Å². The number of halogens is 1. The molecule has 4 aromatic rings. The Balaban J connectivity index is 1.43. The van der Waals surface area contributed by atoms with Crippen molar-refractivity contribution in [3.05, 3.63) is 53.4 Å². The molecular formula is C27H28FN7O3. The molecule has 2 saturated heterocycles. The number of aromatic amines is 1. The number of nitrogens with two attached hydrogens (primary N) is 1. The molecule has 11 heteroatoms. The highest BCUT2D eigenvalue weighted by Gasteiger charge is 2.44. The van der Waals surface area contributed by atoms with Crippen LogP contribution in [-0.2, 0) is 4.79 Å². The second-order valence-electron chi connectivity index (χ2n) is 10.2. The van der Waals surface area contributed by atoms with Gasteiger partial charge in [-0.3, -0.25) is 9.59 Å². The van der Waals surface area contributed by atoms with Crippen LogP contribution in [0.15, 0.2) is 30.6 Å². The summed E-state index contributed by atoms with van der Waals surface area (Å²) >= 11 is 0. The summed E-state index contributed by atoms with van der Waals surface area (Å²) < 4.78 is 16.6. The third-order valence-corrected chi connectivity index (χ3v) is 7.84. The van der Waals surface area contributed by atoms with Gasteiger partial charge in [-0.25, -0.2) is 14.4 Å². The summed E-state index contributed by atoms with van der Waals surface area (Å²) in [5, 5.41) is 13.8. The lowest BCUT2D eigenvalue weighted by molar-refractivity contribution is -0.138. The standard InChI is InChI=1S/C27H28FN7O3/c1-13-10-30-26(32-13)19-6-3-15(9-21(19)28)20-11-31-35-25(29)23(14(2)37)24(33-27(20)35)16-7-17-4-5-18(8-16)34(17)22(38)12-36/h3,6,9-11,16-18,36H,4-5,7-8,12,29H2,1-2H3,(H,30,32)/t16-,17-,18+. The molecule has 1 aromatic carbocycles. The Kier molecular flexibility index (Phi) is 5.75. The molecule has 196 valence electrons. The minimum absolute atomic E-state index is 0.0197. The number of carbonyl (C=O) groups excluding carboxylic acids is 2. The van der Waals surface area contributed by atoms with E-state index < -0.39 is 12.4 Å². The third-order valence-electron chi connectivity index (χ3n) is 7.84. The van der Waals surface area contributed by atoms with Crippen molar-refractivity contribution in [3.8, 4) is 22.5 Å². The lowest BCUT2D eigenvalue weighted by Gasteiger charge is -2.39. The molecule has 0 aliphatic carbocycles. The number of aliphatic hydroxyl groups is 1. The summed E-state index contributed by atoms with van der Waals surface area (Å²) in [6.45, 7) is 2.79. The number of fused-ring (bicyclic) bond motifs is 3. The van der Waals surface area contributed by atoms with Crippen molar-refractivity contribution in [1.29, 1.82) is 0 Å². The molecule has 5 heterocycles. The molecule has 0 radical (unpaired) electrons. The van der Waals surface area contributed by atoms with E-state index >= 15 is 4.39 Å². The Hall–Kier alpha value is -4.12. The number of ketones is 1. The number of aromatic nitrogens is 5.